The second-order valence-corrected chi connectivity index (χ2v) is 8.50. The standard InChI is InChI=1S/C22H32FN3O/c23-20-7-3-5-18(15-20)16-24-13-8-21(9-14-24)26-12-4-6-19(17-26)22(27)25-10-1-2-11-25/h3,5,7,15,19,21H,1-2,4,6,8-14,16-17H2/t19-/m1/s1. The average Bonchev–Trinajstić information content (AvgIpc) is 3.23. The van der Waals surface area contributed by atoms with Crippen LogP contribution in [0.1, 0.15) is 44.1 Å². The van der Waals surface area contributed by atoms with Gasteiger partial charge in [-0.25, -0.2) is 4.39 Å². The minimum atomic E-state index is -0.149. The number of carbonyl (C=O) groups excluding carboxylic acids is 1. The lowest BCUT2D eigenvalue weighted by Gasteiger charge is -2.42. The van der Waals surface area contributed by atoms with Crippen LogP contribution in [0.25, 0.3) is 0 Å². The highest BCUT2D eigenvalue weighted by molar-refractivity contribution is 5.79. The smallest absolute Gasteiger partial charge is 0.226 e. The van der Waals surface area contributed by atoms with Crippen molar-refractivity contribution in [1.29, 1.82) is 0 Å². The zero-order valence-corrected chi connectivity index (χ0v) is 16.3. The van der Waals surface area contributed by atoms with Gasteiger partial charge in [0.1, 0.15) is 5.82 Å². The third-order valence-electron chi connectivity index (χ3n) is 6.59. The summed E-state index contributed by atoms with van der Waals surface area (Å²) in [6.07, 6.45) is 6.86. The molecule has 3 heterocycles. The molecule has 1 atom stereocenters. The van der Waals surface area contributed by atoms with E-state index in [0.717, 1.165) is 77.1 Å². The number of benzene rings is 1. The van der Waals surface area contributed by atoms with Crippen LogP contribution in [-0.2, 0) is 11.3 Å². The first kappa shape index (κ1) is 18.9. The molecule has 0 spiro atoms. The molecule has 0 aliphatic carbocycles. The SMILES string of the molecule is O=C([C@@H]1CCCN(C2CCN(Cc3cccc(F)c3)CC2)C1)N1CCCC1. The summed E-state index contributed by atoms with van der Waals surface area (Å²) in [6, 6.07) is 7.55. The molecule has 1 aromatic carbocycles. The molecule has 3 saturated heterocycles. The third-order valence-corrected chi connectivity index (χ3v) is 6.59. The van der Waals surface area contributed by atoms with Gasteiger partial charge in [-0.05, 0) is 75.9 Å². The van der Waals surface area contributed by atoms with Gasteiger partial charge in [0.25, 0.3) is 0 Å². The molecule has 5 heteroatoms. The van der Waals surface area contributed by atoms with E-state index in [0.29, 0.717) is 11.9 Å². The molecular formula is C22H32FN3O. The Labute approximate surface area is 162 Å². The third kappa shape index (κ3) is 4.69. The molecule has 3 fully saturated rings. The van der Waals surface area contributed by atoms with Crippen molar-refractivity contribution in [3.8, 4) is 0 Å². The number of halogens is 1. The fraction of sp³-hybridized carbons (Fsp3) is 0.682. The van der Waals surface area contributed by atoms with Gasteiger partial charge in [-0.1, -0.05) is 12.1 Å². The minimum Gasteiger partial charge on any atom is -0.342 e. The zero-order chi connectivity index (χ0) is 18.6. The molecular weight excluding hydrogens is 341 g/mol. The van der Waals surface area contributed by atoms with Crippen molar-refractivity contribution < 1.29 is 9.18 Å². The highest BCUT2D eigenvalue weighted by Gasteiger charge is 2.34. The first-order valence-corrected chi connectivity index (χ1v) is 10.7. The van der Waals surface area contributed by atoms with Crippen molar-refractivity contribution >= 4 is 5.91 Å². The Hall–Kier alpha value is -1.46. The molecule has 27 heavy (non-hydrogen) atoms. The van der Waals surface area contributed by atoms with E-state index >= 15 is 0 Å². The van der Waals surface area contributed by atoms with E-state index in [1.54, 1.807) is 12.1 Å². The number of rotatable bonds is 4. The second kappa shape index (κ2) is 8.70. The summed E-state index contributed by atoms with van der Waals surface area (Å²) in [4.78, 5) is 19.9. The Balaban J connectivity index is 1.27. The quantitative estimate of drug-likeness (QED) is 0.811. The zero-order valence-electron chi connectivity index (χ0n) is 16.3. The summed E-state index contributed by atoms with van der Waals surface area (Å²) in [5.41, 5.74) is 1.06. The Morgan fingerprint density at radius 2 is 1.78 bits per heavy atom. The average molecular weight is 374 g/mol. The largest absolute Gasteiger partial charge is 0.342 e. The van der Waals surface area contributed by atoms with Gasteiger partial charge in [0.15, 0.2) is 0 Å². The van der Waals surface area contributed by atoms with E-state index in [-0.39, 0.29) is 11.7 Å². The van der Waals surface area contributed by atoms with Crippen LogP contribution >= 0.6 is 0 Å². The molecule has 0 unspecified atom stereocenters. The summed E-state index contributed by atoms with van der Waals surface area (Å²) >= 11 is 0. The molecule has 148 valence electrons. The fourth-order valence-corrected chi connectivity index (χ4v) is 5.07. The number of hydrogen-bond donors (Lipinski definition) is 0. The van der Waals surface area contributed by atoms with Crippen LogP contribution in [0.15, 0.2) is 24.3 Å². The summed E-state index contributed by atoms with van der Waals surface area (Å²) < 4.78 is 13.4. The predicted octanol–water partition coefficient (Wildman–Crippen LogP) is 3.12. The van der Waals surface area contributed by atoms with Crippen molar-refractivity contribution in [2.24, 2.45) is 5.92 Å². The van der Waals surface area contributed by atoms with E-state index in [1.807, 2.05) is 6.07 Å². The molecule has 3 aliphatic rings. The van der Waals surface area contributed by atoms with Gasteiger partial charge in [-0.2, -0.15) is 0 Å². The van der Waals surface area contributed by atoms with Crippen molar-refractivity contribution in [1.82, 2.24) is 14.7 Å². The lowest BCUT2D eigenvalue weighted by atomic mass is 9.93. The van der Waals surface area contributed by atoms with Crippen molar-refractivity contribution in [2.45, 2.75) is 51.1 Å². The monoisotopic (exact) mass is 373 g/mol. The summed E-state index contributed by atoms with van der Waals surface area (Å²) in [7, 11) is 0. The molecule has 0 radical (unpaired) electrons. The first-order valence-electron chi connectivity index (χ1n) is 10.7. The number of carbonyl (C=O) groups is 1. The van der Waals surface area contributed by atoms with E-state index in [9.17, 15) is 9.18 Å². The molecule has 0 N–H and O–H groups in total. The van der Waals surface area contributed by atoms with E-state index in [1.165, 1.54) is 18.9 Å². The van der Waals surface area contributed by atoms with Gasteiger partial charge in [-0.15, -0.1) is 0 Å². The van der Waals surface area contributed by atoms with Crippen LogP contribution in [0, 0.1) is 11.7 Å². The Kier molecular flexibility index (Phi) is 6.08. The number of nitrogens with zero attached hydrogens (tertiary/aromatic N) is 3. The molecule has 1 amide bonds. The lowest BCUT2D eigenvalue weighted by Crippen LogP contribution is -2.51. The van der Waals surface area contributed by atoms with Gasteiger partial charge in [0.2, 0.25) is 5.91 Å². The Morgan fingerprint density at radius 1 is 1.00 bits per heavy atom. The second-order valence-electron chi connectivity index (χ2n) is 8.50. The molecule has 0 saturated carbocycles. The molecule has 1 aromatic rings. The van der Waals surface area contributed by atoms with Crippen LogP contribution < -0.4 is 0 Å². The minimum absolute atomic E-state index is 0.149. The highest BCUT2D eigenvalue weighted by Crippen LogP contribution is 2.26. The van der Waals surface area contributed by atoms with Gasteiger partial charge >= 0.3 is 0 Å². The van der Waals surface area contributed by atoms with Gasteiger partial charge in [0.05, 0.1) is 5.92 Å². The van der Waals surface area contributed by atoms with Crippen molar-refractivity contribution in [2.75, 3.05) is 39.3 Å². The Morgan fingerprint density at radius 3 is 2.52 bits per heavy atom. The van der Waals surface area contributed by atoms with Gasteiger partial charge in [-0.3, -0.25) is 14.6 Å². The van der Waals surface area contributed by atoms with Crippen molar-refractivity contribution in [3.05, 3.63) is 35.6 Å². The van der Waals surface area contributed by atoms with E-state index in [2.05, 4.69) is 14.7 Å². The molecule has 0 bridgehead atoms. The number of piperidine rings is 2. The van der Waals surface area contributed by atoms with Crippen LogP contribution in [0.3, 0.4) is 0 Å². The summed E-state index contributed by atoms with van der Waals surface area (Å²) in [5.74, 6) is 0.465. The molecule has 0 aromatic heterocycles. The van der Waals surface area contributed by atoms with Crippen LogP contribution in [0.5, 0.6) is 0 Å². The summed E-state index contributed by atoms with van der Waals surface area (Å²) in [6.45, 7) is 6.97. The highest BCUT2D eigenvalue weighted by atomic mass is 19.1. The first-order chi connectivity index (χ1) is 13.2. The maximum atomic E-state index is 13.4. The number of likely N-dealkylation sites (tertiary alicyclic amines) is 3. The normalized spacial score (nSPS) is 25.8. The van der Waals surface area contributed by atoms with Gasteiger partial charge in [0, 0.05) is 32.2 Å². The van der Waals surface area contributed by atoms with Crippen molar-refractivity contribution in [3.63, 3.8) is 0 Å². The van der Waals surface area contributed by atoms with E-state index < -0.39 is 0 Å². The molecule has 4 nitrogen and oxygen atoms in total. The predicted molar refractivity (Wildman–Crippen MR) is 105 cm³/mol. The Bertz CT molecular complexity index is 638. The molecule has 3 aliphatic heterocycles. The number of hydrogen-bond acceptors (Lipinski definition) is 3. The van der Waals surface area contributed by atoms with Crippen LogP contribution in [-0.4, -0.2) is 65.9 Å². The maximum absolute atomic E-state index is 13.4. The van der Waals surface area contributed by atoms with Crippen LogP contribution in [0.4, 0.5) is 4.39 Å². The topological polar surface area (TPSA) is 26.8 Å². The van der Waals surface area contributed by atoms with Crippen LogP contribution in [0.2, 0.25) is 0 Å². The lowest BCUT2D eigenvalue weighted by molar-refractivity contribution is -0.136. The number of amides is 1. The van der Waals surface area contributed by atoms with Gasteiger partial charge < -0.3 is 4.90 Å². The summed E-state index contributed by atoms with van der Waals surface area (Å²) in [5, 5.41) is 0. The molecule has 4 rings (SSSR count). The maximum Gasteiger partial charge on any atom is 0.226 e. The fourth-order valence-electron chi connectivity index (χ4n) is 5.07. The van der Waals surface area contributed by atoms with E-state index in [4.69, 9.17) is 0 Å².